The maximum absolute atomic E-state index is 13.1. The number of hydrogen-bond acceptors (Lipinski definition) is 6. The Bertz CT molecular complexity index is 1240. The highest BCUT2D eigenvalue weighted by molar-refractivity contribution is 7.89. The zero-order chi connectivity index (χ0) is 23.0. The largest absolute Gasteiger partial charge is 0.480 e. The zero-order valence-corrected chi connectivity index (χ0v) is 18.5. The van der Waals surface area contributed by atoms with Crippen molar-refractivity contribution in [2.45, 2.75) is 30.7 Å². The van der Waals surface area contributed by atoms with Crippen molar-refractivity contribution in [3.05, 3.63) is 47.4 Å². The van der Waals surface area contributed by atoms with Gasteiger partial charge >= 0.3 is 5.97 Å². The molecule has 1 saturated heterocycles. The van der Waals surface area contributed by atoms with E-state index in [1.54, 1.807) is 0 Å². The van der Waals surface area contributed by atoms with E-state index in [1.165, 1.54) is 22.6 Å². The van der Waals surface area contributed by atoms with E-state index in [4.69, 9.17) is 16.7 Å². The summed E-state index contributed by atoms with van der Waals surface area (Å²) in [6.07, 6.45) is 3.97. The molecule has 0 amide bonds. The lowest BCUT2D eigenvalue weighted by atomic mass is 9.86. The van der Waals surface area contributed by atoms with E-state index in [1.807, 2.05) is 6.92 Å². The number of halogens is 2. The van der Waals surface area contributed by atoms with Gasteiger partial charge in [-0.15, -0.1) is 0 Å². The lowest BCUT2D eigenvalue weighted by Crippen LogP contribution is -2.42. The summed E-state index contributed by atoms with van der Waals surface area (Å²) in [6.45, 7) is 2.00. The highest BCUT2D eigenvalue weighted by atomic mass is 35.5. The number of H-pyrrole nitrogens is 1. The Kier molecular flexibility index (Phi) is 6.01. The number of carboxylic acid groups (broad SMARTS) is 1. The van der Waals surface area contributed by atoms with Gasteiger partial charge in [-0.1, -0.05) is 18.5 Å². The van der Waals surface area contributed by atoms with E-state index in [0.29, 0.717) is 23.6 Å². The average molecular weight is 483 g/mol. The Morgan fingerprint density at radius 3 is 2.81 bits per heavy atom. The Balaban J connectivity index is 1.50. The van der Waals surface area contributed by atoms with E-state index in [2.05, 4.69) is 20.1 Å². The van der Waals surface area contributed by atoms with Crippen LogP contribution in [0.25, 0.3) is 11.5 Å². The van der Waals surface area contributed by atoms with Crippen molar-refractivity contribution < 1.29 is 22.7 Å². The second-order valence-corrected chi connectivity index (χ2v) is 9.95. The highest BCUT2D eigenvalue weighted by Gasteiger charge is 2.36. The number of pyridine rings is 1. The van der Waals surface area contributed by atoms with E-state index in [0.717, 1.165) is 17.1 Å². The van der Waals surface area contributed by atoms with Gasteiger partial charge in [0.15, 0.2) is 11.0 Å². The smallest absolute Gasteiger partial charge is 0.325 e. The maximum atomic E-state index is 13.1. The second kappa shape index (κ2) is 8.60. The third kappa shape index (κ3) is 4.38. The van der Waals surface area contributed by atoms with E-state index in [9.17, 15) is 17.6 Å². The summed E-state index contributed by atoms with van der Waals surface area (Å²) in [6, 6.07) is 2.78. The van der Waals surface area contributed by atoms with Gasteiger partial charge in [0.2, 0.25) is 10.0 Å². The molecular formula is C19H20ClFN6O4S. The lowest BCUT2D eigenvalue weighted by molar-refractivity contribution is -0.137. The number of aromatic nitrogens is 5. The van der Waals surface area contributed by atoms with E-state index in [-0.39, 0.29) is 35.0 Å². The molecular weight excluding hydrogens is 463 g/mol. The number of nitrogens with one attached hydrogen (secondary N) is 1. The minimum absolute atomic E-state index is 0.0476. The summed E-state index contributed by atoms with van der Waals surface area (Å²) in [4.78, 5) is 22.2. The van der Waals surface area contributed by atoms with Gasteiger partial charge in [-0.25, -0.2) is 22.8 Å². The molecule has 10 nitrogen and oxygen atoms in total. The molecule has 1 fully saturated rings. The molecule has 0 radical (unpaired) electrons. The maximum Gasteiger partial charge on any atom is 0.325 e. The molecule has 3 aromatic rings. The van der Waals surface area contributed by atoms with Crippen molar-refractivity contribution in [3.8, 4) is 11.5 Å². The number of imidazole rings is 1. The number of rotatable bonds is 6. The van der Waals surface area contributed by atoms with Gasteiger partial charge in [0.1, 0.15) is 23.0 Å². The van der Waals surface area contributed by atoms with Gasteiger partial charge in [-0.05, 0) is 24.5 Å². The highest BCUT2D eigenvalue weighted by Crippen LogP contribution is 2.37. The molecule has 32 heavy (non-hydrogen) atoms. The van der Waals surface area contributed by atoms with Crippen LogP contribution in [0.2, 0.25) is 5.15 Å². The normalized spacial score (nSPS) is 19.8. The molecule has 0 aromatic carbocycles. The summed E-state index contributed by atoms with van der Waals surface area (Å²) in [5, 5.41) is 12.9. The van der Waals surface area contributed by atoms with Crippen molar-refractivity contribution in [3.63, 3.8) is 0 Å². The number of nitrogens with zero attached hydrogens (tertiary/aromatic N) is 5. The third-order valence-electron chi connectivity index (χ3n) is 5.44. The molecule has 4 heterocycles. The molecule has 170 valence electrons. The standard InChI is InChI=1S/C19H20ClFN6O4S/c1-11-8-27(32(30,31)13-7-23-26(9-13)10-16(28)29)5-4-14(11)17-18(20)25-19(24-17)15-3-2-12(21)6-22-15/h2-3,6-7,9,11,14H,4-5,8,10H2,1H3,(H,24,25)(H,28,29)/t11-,14+/m0/s1. The quantitative estimate of drug-likeness (QED) is 0.550. The summed E-state index contributed by atoms with van der Waals surface area (Å²) in [5.74, 6) is -1.30. The first-order chi connectivity index (χ1) is 15.1. The number of piperidine rings is 1. The van der Waals surface area contributed by atoms with Crippen LogP contribution in [0.3, 0.4) is 0 Å². The fraction of sp³-hybridized carbons (Fsp3) is 0.368. The molecule has 1 aliphatic rings. The SMILES string of the molecule is C[C@H]1CN(S(=O)(=O)c2cnn(CC(=O)O)c2)CC[C@H]1c1[nH]c(-c2ccc(F)cn2)nc1Cl. The number of aromatic amines is 1. The monoisotopic (exact) mass is 482 g/mol. The Labute approximate surface area is 188 Å². The molecule has 0 saturated carbocycles. The van der Waals surface area contributed by atoms with Crippen LogP contribution in [0.4, 0.5) is 4.39 Å². The number of hydrogen-bond donors (Lipinski definition) is 2. The van der Waals surface area contributed by atoms with E-state index >= 15 is 0 Å². The van der Waals surface area contributed by atoms with Gasteiger partial charge in [0.25, 0.3) is 0 Å². The van der Waals surface area contributed by atoms with E-state index < -0.39 is 28.4 Å². The van der Waals surface area contributed by atoms with Gasteiger partial charge in [-0.2, -0.15) is 9.40 Å². The fourth-order valence-corrected chi connectivity index (χ4v) is 5.64. The fourth-order valence-electron chi connectivity index (χ4n) is 3.85. The van der Waals surface area contributed by atoms with Gasteiger partial charge in [-0.3, -0.25) is 9.48 Å². The average Bonchev–Trinajstić information content (AvgIpc) is 3.35. The summed E-state index contributed by atoms with van der Waals surface area (Å²) in [7, 11) is -3.81. The molecule has 3 aromatic heterocycles. The topological polar surface area (TPSA) is 134 Å². The molecule has 0 unspecified atom stereocenters. The Morgan fingerprint density at radius 2 is 2.16 bits per heavy atom. The predicted molar refractivity (Wildman–Crippen MR) is 112 cm³/mol. The van der Waals surface area contributed by atoms with Crippen molar-refractivity contribution in [2.24, 2.45) is 5.92 Å². The van der Waals surface area contributed by atoms with Crippen LogP contribution in [0.15, 0.2) is 35.6 Å². The molecule has 2 N–H and O–H groups in total. The zero-order valence-electron chi connectivity index (χ0n) is 16.9. The first kappa shape index (κ1) is 22.4. The minimum atomic E-state index is -3.81. The number of sulfonamides is 1. The van der Waals surface area contributed by atoms with Crippen LogP contribution in [-0.4, -0.2) is 61.6 Å². The minimum Gasteiger partial charge on any atom is -0.480 e. The Morgan fingerprint density at radius 1 is 1.38 bits per heavy atom. The van der Waals surface area contributed by atoms with Crippen LogP contribution in [0.1, 0.15) is 25.0 Å². The number of carbonyl (C=O) groups is 1. The number of carboxylic acids is 1. The van der Waals surface area contributed by atoms with Gasteiger partial charge in [0.05, 0.1) is 18.1 Å². The van der Waals surface area contributed by atoms with Crippen LogP contribution in [-0.2, 0) is 21.4 Å². The summed E-state index contributed by atoms with van der Waals surface area (Å²) >= 11 is 6.36. The molecule has 4 rings (SSSR count). The molecule has 0 aliphatic carbocycles. The molecule has 0 bridgehead atoms. The predicted octanol–water partition coefficient (Wildman–Crippen LogP) is 2.36. The van der Waals surface area contributed by atoms with Crippen LogP contribution in [0, 0.1) is 11.7 Å². The summed E-state index contributed by atoms with van der Waals surface area (Å²) < 4.78 is 41.6. The Hall–Kier alpha value is -2.83. The van der Waals surface area contributed by atoms with Gasteiger partial charge < -0.3 is 10.1 Å². The lowest BCUT2D eigenvalue weighted by Gasteiger charge is -2.35. The third-order valence-corrected chi connectivity index (χ3v) is 7.54. The van der Waals surface area contributed by atoms with Crippen molar-refractivity contribution >= 4 is 27.6 Å². The van der Waals surface area contributed by atoms with Crippen LogP contribution >= 0.6 is 11.6 Å². The van der Waals surface area contributed by atoms with Crippen LogP contribution < -0.4 is 0 Å². The molecule has 0 spiro atoms. The molecule has 13 heteroatoms. The van der Waals surface area contributed by atoms with Crippen LogP contribution in [0.5, 0.6) is 0 Å². The second-order valence-electron chi connectivity index (χ2n) is 7.65. The van der Waals surface area contributed by atoms with Crippen molar-refractivity contribution in [1.29, 1.82) is 0 Å². The first-order valence-corrected chi connectivity index (χ1v) is 11.6. The number of aliphatic carboxylic acids is 1. The van der Waals surface area contributed by atoms with Crippen molar-refractivity contribution in [2.75, 3.05) is 13.1 Å². The summed E-state index contributed by atoms with van der Waals surface area (Å²) in [5.41, 5.74) is 1.14. The first-order valence-electron chi connectivity index (χ1n) is 9.77. The molecule has 1 aliphatic heterocycles. The van der Waals surface area contributed by atoms with Gasteiger partial charge in [0, 0.05) is 25.2 Å². The van der Waals surface area contributed by atoms with Crippen molar-refractivity contribution in [1.82, 2.24) is 29.0 Å². The molecule has 2 atom stereocenters.